The number of rotatable bonds is 3. The molecule has 0 aliphatic heterocycles. The monoisotopic (exact) mass is 249 g/mol. The number of ketones is 1. The summed E-state index contributed by atoms with van der Waals surface area (Å²) in [6.07, 6.45) is 0. The fourth-order valence-corrected chi connectivity index (χ4v) is 1.90. The van der Waals surface area contributed by atoms with E-state index in [0.717, 1.165) is 16.7 Å². The first-order valence-electron chi connectivity index (χ1n) is 6.26. The fourth-order valence-electron chi connectivity index (χ4n) is 1.90. The lowest BCUT2D eigenvalue weighted by molar-refractivity contribution is 0.0939. The highest BCUT2D eigenvalue weighted by molar-refractivity contribution is 5.97. The van der Waals surface area contributed by atoms with Crippen LogP contribution in [0.3, 0.4) is 0 Å². The van der Waals surface area contributed by atoms with Gasteiger partial charge < -0.3 is 0 Å². The average Bonchev–Trinajstić information content (AvgIpc) is 2.46. The largest absolute Gasteiger partial charge is 0.294 e. The Morgan fingerprint density at radius 1 is 0.947 bits per heavy atom. The molecule has 0 unspecified atom stereocenters. The Labute approximate surface area is 113 Å². The van der Waals surface area contributed by atoms with Crippen LogP contribution in [0.25, 0.3) is 11.1 Å². The van der Waals surface area contributed by atoms with Crippen LogP contribution in [0.1, 0.15) is 29.8 Å². The molecular formula is C17H15NO. The lowest BCUT2D eigenvalue weighted by Gasteiger charge is -2.06. The Bertz CT molecular complexity index is 616. The second-order valence-electron chi connectivity index (χ2n) is 4.79. The van der Waals surface area contributed by atoms with Crippen molar-refractivity contribution in [1.29, 1.82) is 5.26 Å². The van der Waals surface area contributed by atoms with Crippen LogP contribution >= 0.6 is 0 Å². The van der Waals surface area contributed by atoms with Crippen LogP contribution in [0, 0.1) is 17.2 Å². The first-order valence-corrected chi connectivity index (χ1v) is 6.26. The standard InChI is InChI=1S/C17H15NO/c1-12(2)17(19)16-9-7-15(8-10-16)14-5-3-13(11-18)4-6-14/h3-10,12H,1-2H3. The van der Waals surface area contributed by atoms with Gasteiger partial charge in [0, 0.05) is 11.5 Å². The van der Waals surface area contributed by atoms with Crippen LogP contribution in [-0.2, 0) is 0 Å². The summed E-state index contributed by atoms with van der Waals surface area (Å²) in [4.78, 5) is 11.8. The first-order chi connectivity index (χ1) is 9.11. The highest BCUT2D eigenvalue weighted by Crippen LogP contribution is 2.21. The summed E-state index contributed by atoms with van der Waals surface area (Å²) in [5, 5.41) is 8.76. The number of hydrogen-bond donors (Lipinski definition) is 0. The van der Waals surface area contributed by atoms with Gasteiger partial charge in [-0.05, 0) is 23.3 Å². The highest BCUT2D eigenvalue weighted by Gasteiger charge is 2.09. The second kappa shape index (κ2) is 5.49. The molecule has 0 radical (unpaired) electrons. The summed E-state index contributed by atoms with van der Waals surface area (Å²) >= 11 is 0. The van der Waals surface area contributed by atoms with E-state index in [-0.39, 0.29) is 11.7 Å². The predicted octanol–water partition coefficient (Wildman–Crippen LogP) is 4.06. The van der Waals surface area contributed by atoms with Crippen molar-refractivity contribution in [2.24, 2.45) is 5.92 Å². The van der Waals surface area contributed by atoms with Crippen molar-refractivity contribution in [2.45, 2.75) is 13.8 Å². The van der Waals surface area contributed by atoms with E-state index in [4.69, 9.17) is 5.26 Å². The molecule has 2 aromatic rings. The predicted molar refractivity (Wildman–Crippen MR) is 75.8 cm³/mol. The van der Waals surface area contributed by atoms with Crippen LogP contribution in [0.15, 0.2) is 48.5 Å². The van der Waals surface area contributed by atoms with E-state index >= 15 is 0 Å². The zero-order valence-corrected chi connectivity index (χ0v) is 11.1. The second-order valence-corrected chi connectivity index (χ2v) is 4.79. The van der Waals surface area contributed by atoms with Crippen molar-refractivity contribution >= 4 is 5.78 Å². The van der Waals surface area contributed by atoms with Gasteiger partial charge in [0.25, 0.3) is 0 Å². The lowest BCUT2D eigenvalue weighted by Crippen LogP contribution is -2.06. The molecule has 0 heterocycles. The molecule has 0 N–H and O–H groups in total. The molecule has 0 amide bonds. The molecule has 19 heavy (non-hydrogen) atoms. The van der Waals surface area contributed by atoms with E-state index < -0.39 is 0 Å². The molecule has 0 fully saturated rings. The Morgan fingerprint density at radius 3 is 1.84 bits per heavy atom. The van der Waals surface area contributed by atoms with Gasteiger partial charge in [0.05, 0.1) is 11.6 Å². The zero-order chi connectivity index (χ0) is 13.8. The first kappa shape index (κ1) is 13.0. The van der Waals surface area contributed by atoms with Gasteiger partial charge in [0.1, 0.15) is 0 Å². The summed E-state index contributed by atoms with van der Waals surface area (Å²) in [5.41, 5.74) is 3.48. The number of benzene rings is 2. The SMILES string of the molecule is CC(C)C(=O)c1ccc(-c2ccc(C#N)cc2)cc1. The summed E-state index contributed by atoms with van der Waals surface area (Å²) in [7, 11) is 0. The van der Waals surface area contributed by atoms with Gasteiger partial charge in [-0.2, -0.15) is 5.26 Å². The van der Waals surface area contributed by atoms with Crippen molar-refractivity contribution in [3.63, 3.8) is 0 Å². The third-order valence-corrected chi connectivity index (χ3v) is 3.04. The van der Waals surface area contributed by atoms with E-state index in [1.54, 1.807) is 12.1 Å². The van der Waals surface area contributed by atoms with Crippen LogP contribution in [0.2, 0.25) is 0 Å². The third kappa shape index (κ3) is 2.89. The summed E-state index contributed by atoms with van der Waals surface area (Å²) in [6.45, 7) is 3.80. The van der Waals surface area contributed by atoms with Crippen molar-refractivity contribution < 1.29 is 4.79 Å². The Kier molecular flexibility index (Phi) is 3.77. The number of hydrogen-bond acceptors (Lipinski definition) is 2. The van der Waals surface area contributed by atoms with E-state index in [0.29, 0.717) is 5.56 Å². The highest BCUT2D eigenvalue weighted by atomic mass is 16.1. The molecule has 0 saturated heterocycles. The van der Waals surface area contributed by atoms with Crippen molar-refractivity contribution in [2.75, 3.05) is 0 Å². The average molecular weight is 249 g/mol. The van der Waals surface area contributed by atoms with Gasteiger partial charge in [0.15, 0.2) is 5.78 Å². The number of Topliss-reactive ketones (excluding diaryl/α,β-unsaturated/α-hetero) is 1. The van der Waals surface area contributed by atoms with Gasteiger partial charge in [-0.1, -0.05) is 50.2 Å². The van der Waals surface area contributed by atoms with Crippen LogP contribution in [0.5, 0.6) is 0 Å². The molecule has 2 nitrogen and oxygen atoms in total. The maximum absolute atomic E-state index is 11.8. The fraction of sp³-hybridized carbons (Fsp3) is 0.176. The minimum absolute atomic E-state index is 0.0146. The molecule has 2 rings (SSSR count). The Hall–Kier alpha value is -2.40. The summed E-state index contributed by atoms with van der Waals surface area (Å²) in [5.74, 6) is 0.173. The molecule has 0 spiro atoms. The van der Waals surface area contributed by atoms with Crippen LogP contribution < -0.4 is 0 Å². The third-order valence-electron chi connectivity index (χ3n) is 3.04. The van der Waals surface area contributed by atoms with E-state index in [1.165, 1.54) is 0 Å². The topological polar surface area (TPSA) is 40.9 Å². The normalized spacial score (nSPS) is 10.2. The molecule has 0 bridgehead atoms. The zero-order valence-electron chi connectivity index (χ0n) is 11.1. The maximum atomic E-state index is 11.8. The van der Waals surface area contributed by atoms with Gasteiger partial charge in [-0.25, -0.2) is 0 Å². The molecule has 2 heteroatoms. The Morgan fingerprint density at radius 2 is 1.42 bits per heavy atom. The number of nitriles is 1. The van der Waals surface area contributed by atoms with Gasteiger partial charge in [-0.3, -0.25) is 4.79 Å². The Balaban J connectivity index is 2.27. The molecular weight excluding hydrogens is 234 g/mol. The minimum Gasteiger partial charge on any atom is -0.294 e. The lowest BCUT2D eigenvalue weighted by atomic mass is 9.98. The number of carbonyl (C=O) groups is 1. The van der Waals surface area contributed by atoms with E-state index in [2.05, 4.69) is 6.07 Å². The number of carbonyl (C=O) groups excluding carboxylic acids is 1. The van der Waals surface area contributed by atoms with Gasteiger partial charge in [0.2, 0.25) is 0 Å². The smallest absolute Gasteiger partial charge is 0.165 e. The van der Waals surface area contributed by atoms with E-state index in [9.17, 15) is 4.79 Å². The van der Waals surface area contributed by atoms with Gasteiger partial charge >= 0.3 is 0 Å². The minimum atomic E-state index is 0.0146. The molecule has 0 aliphatic rings. The molecule has 0 atom stereocenters. The van der Waals surface area contributed by atoms with Crippen molar-refractivity contribution in [3.8, 4) is 17.2 Å². The van der Waals surface area contributed by atoms with Crippen LogP contribution in [0.4, 0.5) is 0 Å². The van der Waals surface area contributed by atoms with Crippen molar-refractivity contribution in [3.05, 3.63) is 59.7 Å². The quantitative estimate of drug-likeness (QED) is 0.769. The molecule has 0 saturated carbocycles. The van der Waals surface area contributed by atoms with Crippen LogP contribution in [-0.4, -0.2) is 5.78 Å². The van der Waals surface area contributed by atoms with E-state index in [1.807, 2.05) is 50.2 Å². The molecule has 2 aromatic carbocycles. The molecule has 0 aliphatic carbocycles. The summed E-state index contributed by atoms with van der Waals surface area (Å²) in [6, 6.07) is 17.1. The van der Waals surface area contributed by atoms with Crippen molar-refractivity contribution in [1.82, 2.24) is 0 Å². The maximum Gasteiger partial charge on any atom is 0.165 e. The molecule has 0 aromatic heterocycles. The van der Waals surface area contributed by atoms with Gasteiger partial charge in [-0.15, -0.1) is 0 Å². The summed E-state index contributed by atoms with van der Waals surface area (Å²) < 4.78 is 0. The molecule has 94 valence electrons. The number of nitrogens with zero attached hydrogens (tertiary/aromatic N) is 1.